The van der Waals surface area contributed by atoms with E-state index in [0.29, 0.717) is 0 Å². The molecule has 74 valence electrons. The standard InChI is InChI=1S/C9H8FNO3/c1-2-9(12)7-5-6(10)3-4-8(7)11(13)14/h3-5H,2H2,1H3. The van der Waals surface area contributed by atoms with E-state index in [1.54, 1.807) is 6.92 Å². The van der Waals surface area contributed by atoms with Crippen molar-refractivity contribution in [2.75, 3.05) is 0 Å². The van der Waals surface area contributed by atoms with Gasteiger partial charge in [0.05, 0.1) is 10.5 Å². The van der Waals surface area contributed by atoms with Crippen molar-refractivity contribution in [3.05, 3.63) is 39.7 Å². The van der Waals surface area contributed by atoms with E-state index >= 15 is 0 Å². The van der Waals surface area contributed by atoms with Crippen LogP contribution in [0.5, 0.6) is 0 Å². The highest BCUT2D eigenvalue weighted by Gasteiger charge is 2.19. The third kappa shape index (κ3) is 1.93. The molecule has 0 aromatic heterocycles. The Kier molecular flexibility index (Phi) is 2.91. The van der Waals surface area contributed by atoms with Crippen molar-refractivity contribution in [3.8, 4) is 0 Å². The zero-order valence-corrected chi connectivity index (χ0v) is 7.49. The summed E-state index contributed by atoms with van der Waals surface area (Å²) in [5, 5.41) is 10.5. The smallest absolute Gasteiger partial charge is 0.280 e. The zero-order chi connectivity index (χ0) is 10.7. The fraction of sp³-hybridized carbons (Fsp3) is 0.222. The normalized spacial score (nSPS) is 9.86. The van der Waals surface area contributed by atoms with Crippen LogP contribution >= 0.6 is 0 Å². The number of Topliss-reactive ketones (excluding diaryl/α,β-unsaturated/α-hetero) is 1. The molecular weight excluding hydrogens is 189 g/mol. The fourth-order valence-electron chi connectivity index (χ4n) is 1.08. The SMILES string of the molecule is CCC(=O)c1cc(F)ccc1[N+](=O)[O-]. The summed E-state index contributed by atoms with van der Waals surface area (Å²) in [5.41, 5.74) is -0.518. The predicted molar refractivity (Wildman–Crippen MR) is 47.7 cm³/mol. The lowest BCUT2D eigenvalue weighted by Crippen LogP contribution is -2.03. The summed E-state index contributed by atoms with van der Waals surface area (Å²) in [6, 6.07) is 2.85. The predicted octanol–water partition coefficient (Wildman–Crippen LogP) is 2.33. The molecule has 0 aliphatic heterocycles. The fourth-order valence-corrected chi connectivity index (χ4v) is 1.08. The van der Waals surface area contributed by atoms with Crippen LogP contribution in [0.1, 0.15) is 23.7 Å². The maximum atomic E-state index is 12.7. The molecule has 0 spiro atoms. The zero-order valence-electron chi connectivity index (χ0n) is 7.49. The van der Waals surface area contributed by atoms with Crippen molar-refractivity contribution >= 4 is 11.5 Å². The van der Waals surface area contributed by atoms with Gasteiger partial charge in [0.2, 0.25) is 0 Å². The number of rotatable bonds is 3. The summed E-state index contributed by atoms with van der Waals surface area (Å²) in [7, 11) is 0. The van der Waals surface area contributed by atoms with Gasteiger partial charge >= 0.3 is 0 Å². The van der Waals surface area contributed by atoms with Crippen LogP contribution in [0.4, 0.5) is 10.1 Å². The average Bonchev–Trinajstić information content (AvgIpc) is 2.16. The van der Waals surface area contributed by atoms with E-state index in [1.807, 2.05) is 0 Å². The van der Waals surface area contributed by atoms with Gasteiger partial charge in [-0.05, 0) is 12.1 Å². The van der Waals surface area contributed by atoms with E-state index < -0.39 is 16.5 Å². The van der Waals surface area contributed by atoms with Crippen molar-refractivity contribution in [1.82, 2.24) is 0 Å². The second-order valence-electron chi connectivity index (χ2n) is 2.70. The molecule has 0 N–H and O–H groups in total. The minimum absolute atomic E-state index is 0.115. The van der Waals surface area contributed by atoms with E-state index in [1.165, 1.54) is 0 Å². The van der Waals surface area contributed by atoms with Gasteiger partial charge in [-0.3, -0.25) is 14.9 Å². The molecule has 0 amide bonds. The first-order chi connectivity index (χ1) is 6.56. The van der Waals surface area contributed by atoms with Crippen LogP contribution in [0.3, 0.4) is 0 Å². The van der Waals surface area contributed by atoms with Gasteiger partial charge in [-0.1, -0.05) is 6.92 Å². The minimum atomic E-state index is -0.692. The Labute approximate surface area is 79.5 Å². The summed E-state index contributed by atoms with van der Waals surface area (Å²) in [5.74, 6) is -1.08. The minimum Gasteiger partial charge on any atom is -0.294 e. The van der Waals surface area contributed by atoms with Crippen LogP contribution in [0.25, 0.3) is 0 Å². The largest absolute Gasteiger partial charge is 0.294 e. The number of nitro benzene ring substituents is 1. The van der Waals surface area contributed by atoms with Crippen LogP contribution in [0.15, 0.2) is 18.2 Å². The Morgan fingerprint density at radius 3 is 2.71 bits per heavy atom. The number of nitrogens with zero attached hydrogens (tertiary/aromatic N) is 1. The van der Waals surface area contributed by atoms with Crippen LogP contribution in [-0.4, -0.2) is 10.7 Å². The average molecular weight is 197 g/mol. The molecule has 0 bridgehead atoms. The second-order valence-corrected chi connectivity index (χ2v) is 2.70. The molecule has 0 fully saturated rings. The highest BCUT2D eigenvalue weighted by atomic mass is 19.1. The maximum Gasteiger partial charge on any atom is 0.280 e. The summed E-state index contributed by atoms with van der Waals surface area (Å²) in [6.07, 6.45) is 0.115. The molecule has 4 nitrogen and oxygen atoms in total. The van der Waals surface area contributed by atoms with Crippen molar-refractivity contribution in [3.63, 3.8) is 0 Å². The second kappa shape index (κ2) is 3.95. The lowest BCUT2D eigenvalue weighted by Gasteiger charge is -1.99. The van der Waals surface area contributed by atoms with Crippen molar-refractivity contribution in [2.45, 2.75) is 13.3 Å². The Hall–Kier alpha value is -1.78. The number of carbonyl (C=O) groups excluding carboxylic acids is 1. The molecule has 0 aliphatic rings. The van der Waals surface area contributed by atoms with Gasteiger partial charge in [0.15, 0.2) is 5.78 Å². The molecule has 5 heteroatoms. The molecule has 1 aromatic carbocycles. The molecular formula is C9H8FNO3. The van der Waals surface area contributed by atoms with Gasteiger partial charge in [0.25, 0.3) is 5.69 Å². The maximum absolute atomic E-state index is 12.7. The first-order valence-electron chi connectivity index (χ1n) is 4.03. The lowest BCUT2D eigenvalue weighted by atomic mass is 10.1. The third-order valence-electron chi connectivity index (χ3n) is 1.78. The van der Waals surface area contributed by atoms with E-state index in [4.69, 9.17) is 0 Å². The van der Waals surface area contributed by atoms with Gasteiger partial charge < -0.3 is 0 Å². The molecule has 0 heterocycles. The van der Waals surface area contributed by atoms with E-state index in [2.05, 4.69) is 0 Å². The molecule has 0 saturated heterocycles. The van der Waals surface area contributed by atoms with Gasteiger partial charge in [-0.15, -0.1) is 0 Å². The number of hydrogen-bond donors (Lipinski definition) is 0. The van der Waals surface area contributed by atoms with Crippen molar-refractivity contribution < 1.29 is 14.1 Å². The molecule has 0 atom stereocenters. The highest BCUT2D eigenvalue weighted by Crippen LogP contribution is 2.20. The highest BCUT2D eigenvalue weighted by molar-refractivity contribution is 5.99. The van der Waals surface area contributed by atoms with Crippen molar-refractivity contribution in [1.29, 1.82) is 0 Å². The molecule has 1 rings (SSSR count). The van der Waals surface area contributed by atoms with E-state index in [0.717, 1.165) is 18.2 Å². The number of ketones is 1. The Morgan fingerprint density at radius 2 is 2.21 bits per heavy atom. The lowest BCUT2D eigenvalue weighted by molar-refractivity contribution is -0.385. The van der Waals surface area contributed by atoms with E-state index in [-0.39, 0.29) is 17.7 Å². The number of nitro groups is 1. The van der Waals surface area contributed by atoms with Crippen LogP contribution in [0, 0.1) is 15.9 Å². The van der Waals surface area contributed by atoms with Gasteiger partial charge in [-0.25, -0.2) is 4.39 Å². The van der Waals surface area contributed by atoms with E-state index in [9.17, 15) is 19.3 Å². The summed E-state index contributed by atoms with van der Waals surface area (Å²) in [4.78, 5) is 21.0. The molecule has 0 unspecified atom stereocenters. The topological polar surface area (TPSA) is 60.2 Å². The summed E-state index contributed by atoms with van der Waals surface area (Å²) < 4.78 is 12.7. The van der Waals surface area contributed by atoms with Crippen LogP contribution in [-0.2, 0) is 0 Å². The quantitative estimate of drug-likeness (QED) is 0.424. The molecule has 0 saturated carbocycles. The molecule has 0 aliphatic carbocycles. The monoisotopic (exact) mass is 197 g/mol. The van der Waals surface area contributed by atoms with Crippen LogP contribution < -0.4 is 0 Å². The first kappa shape index (κ1) is 10.3. The number of carbonyl (C=O) groups is 1. The molecule has 1 aromatic rings. The number of hydrogen-bond acceptors (Lipinski definition) is 3. The van der Waals surface area contributed by atoms with Crippen LogP contribution in [0.2, 0.25) is 0 Å². The van der Waals surface area contributed by atoms with Crippen molar-refractivity contribution in [2.24, 2.45) is 0 Å². The van der Waals surface area contributed by atoms with Gasteiger partial charge in [0, 0.05) is 12.5 Å². The Balaban J connectivity index is 3.29. The van der Waals surface area contributed by atoms with Gasteiger partial charge in [0.1, 0.15) is 5.82 Å². The van der Waals surface area contributed by atoms with Gasteiger partial charge in [-0.2, -0.15) is 0 Å². The summed E-state index contributed by atoms with van der Waals surface area (Å²) >= 11 is 0. The Morgan fingerprint density at radius 1 is 1.57 bits per heavy atom. The first-order valence-corrected chi connectivity index (χ1v) is 4.03. The number of benzene rings is 1. The Bertz CT molecular complexity index is 390. The molecule has 14 heavy (non-hydrogen) atoms. The summed E-state index contributed by atoms with van der Waals surface area (Å²) in [6.45, 7) is 1.57. The molecule has 0 radical (unpaired) electrons. The number of halogens is 1. The third-order valence-corrected chi connectivity index (χ3v) is 1.78.